The van der Waals surface area contributed by atoms with Gasteiger partial charge < -0.3 is 4.42 Å². The number of aromatic nitrogens is 2. The lowest BCUT2D eigenvalue weighted by Crippen LogP contribution is -2.03. The van der Waals surface area contributed by atoms with E-state index in [0.29, 0.717) is 0 Å². The molecule has 100 valence electrons. The van der Waals surface area contributed by atoms with Gasteiger partial charge in [-0.15, -0.1) is 0 Å². The van der Waals surface area contributed by atoms with Crippen LogP contribution in [0.4, 0.5) is 5.88 Å². The van der Waals surface area contributed by atoms with Gasteiger partial charge in [-0.3, -0.25) is 10.1 Å². The number of furan rings is 1. The highest BCUT2D eigenvalue weighted by Gasteiger charge is 2.20. The minimum atomic E-state index is -3.63. The van der Waals surface area contributed by atoms with E-state index in [1.807, 2.05) is 0 Å². The van der Waals surface area contributed by atoms with E-state index in [0.717, 1.165) is 18.5 Å². The number of halogens is 1. The number of nitrogens with zero attached hydrogens (tertiary/aromatic N) is 3. The van der Waals surface area contributed by atoms with Gasteiger partial charge in [0.2, 0.25) is 0 Å². The van der Waals surface area contributed by atoms with Gasteiger partial charge in [-0.1, -0.05) is 11.6 Å². The molecule has 0 aromatic carbocycles. The summed E-state index contributed by atoms with van der Waals surface area (Å²) in [5.74, 6) is -0.611. The molecule has 0 N–H and O–H groups in total. The molecule has 0 atom stereocenters. The zero-order valence-electron chi connectivity index (χ0n) is 9.40. The summed E-state index contributed by atoms with van der Waals surface area (Å²) < 4.78 is 27.8. The summed E-state index contributed by atoms with van der Waals surface area (Å²) in [6.45, 7) is 0. The first-order valence-corrected chi connectivity index (χ1v) is 7.03. The Morgan fingerprint density at radius 1 is 1.42 bits per heavy atom. The van der Waals surface area contributed by atoms with Crippen LogP contribution in [0.1, 0.15) is 0 Å². The molecule has 2 heterocycles. The normalized spacial score (nSPS) is 11.5. The van der Waals surface area contributed by atoms with Gasteiger partial charge in [0.15, 0.2) is 26.4 Å². The molecule has 0 unspecified atom stereocenters. The van der Waals surface area contributed by atoms with Crippen LogP contribution in [0.5, 0.6) is 0 Å². The molecule has 0 saturated carbocycles. The summed E-state index contributed by atoms with van der Waals surface area (Å²) in [7, 11) is -3.63. The Labute approximate surface area is 112 Å². The molecule has 0 amide bonds. The molecular formula is C9H6ClN3O5S. The summed E-state index contributed by atoms with van der Waals surface area (Å²) in [4.78, 5) is 17.3. The third-order valence-corrected chi connectivity index (χ3v) is 3.46. The van der Waals surface area contributed by atoms with Crippen molar-refractivity contribution in [3.63, 3.8) is 0 Å². The lowest BCUT2D eigenvalue weighted by atomic mass is 10.4. The maximum absolute atomic E-state index is 11.4. The van der Waals surface area contributed by atoms with Crippen LogP contribution in [0.15, 0.2) is 27.8 Å². The Bertz CT molecular complexity index is 755. The van der Waals surface area contributed by atoms with Crippen molar-refractivity contribution < 1.29 is 17.8 Å². The molecule has 0 spiro atoms. The molecule has 10 heteroatoms. The van der Waals surface area contributed by atoms with E-state index in [4.69, 9.17) is 16.0 Å². The van der Waals surface area contributed by atoms with E-state index in [-0.39, 0.29) is 21.6 Å². The van der Waals surface area contributed by atoms with Gasteiger partial charge in [-0.25, -0.2) is 18.4 Å². The Hall–Kier alpha value is -2.00. The molecule has 0 bridgehead atoms. The van der Waals surface area contributed by atoms with Crippen LogP contribution in [0.2, 0.25) is 5.02 Å². The van der Waals surface area contributed by atoms with Crippen LogP contribution in [0, 0.1) is 10.1 Å². The summed E-state index contributed by atoms with van der Waals surface area (Å²) in [5.41, 5.74) is 0. The first kappa shape index (κ1) is 13.4. The fourth-order valence-electron chi connectivity index (χ4n) is 1.28. The number of sulfone groups is 1. The maximum atomic E-state index is 11.4. The third-order valence-electron chi connectivity index (χ3n) is 2.06. The van der Waals surface area contributed by atoms with E-state index in [1.165, 1.54) is 6.07 Å². The summed E-state index contributed by atoms with van der Waals surface area (Å²) in [6, 6.07) is 2.39. The molecule has 19 heavy (non-hydrogen) atoms. The summed E-state index contributed by atoms with van der Waals surface area (Å²) in [6.07, 6.45) is 2.03. The smallest absolute Gasteiger partial charge is 0.397 e. The average molecular weight is 304 g/mol. The molecule has 0 aliphatic carbocycles. The highest BCUT2D eigenvalue weighted by atomic mass is 35.5. The fourth-order valence-corrected chi connectivity index (χ4v) is 2.45. The van der Waals surface area contributed by atoms with Crippen molar-refractivity contribution in [1.29, 1.82) is 0 Å². The van der Waals surface area contributed by atoms with Crippen LogP contribution < -0.4 is 0 Å². The van der Waals surface area contributed by atoms with Gasteiger partial charge in [0.1, 0.15) is 4.92 Å². The van der Waals surface area contributed by atoms with E-state index in [9.17, 15) is 18.5 Å². The van der Waals surface area contributed by atoms with Gasteiger partial charge in [0.05, 0.1) is 17.3 Å². The number of rotatable bonds is 3. The molecule has 0 radical (unpaired) electrons. The molecule has 0 aliphatic heterocycles. The second-order valence-electron chi connectivity index (χ2n) is 3.51. The van der Waals surface area contributed by atoms with Crippen LogP contribution >= 0.6 is 11.6 Å². The predicted octanol–water partition coefficient (Wildman–Crippen LogP) is 1.70. The van der Waals surface area contributed by atoms with Crippen molar-refractivity contribution in [3.05, 3.63) is 33.5 Å². The minimum Gasteiger partial charge on any atom is -0.397 e. The second-order valence-corrected chi connectivity index (χ2v) is 5.85. The molecule has 8 nitrogen and oxygen atoms in total. The predicted molar refractivity (Wildman–Crippen MR) is 64.5 cm³/mol. The molecule has 0 saturated heterocycles. The standard InChI is InChI=1S/C9H6ClN3O5S/c1-19(16,17)9-5(10)4-11-8(12-9)6-2-3-7(18-6)13(14)15/h2-4H,1H3. The number of nitro groups is 1. The van der Waals surface area contributed by atoms with E-state index in [2.05, 4.69) is 9.97 Å². The van der Waals surface area contributed by atoms with Crippen LogP contribution in [0.3, 0.4) is 0 Å². The highest BCUT2D eigenvalue weighted by Crippen LogP contribution is 2.26. The van der Waals surface area contributed by atoms with Crippen molar-refractivity contribution in [3.8, 4) is 11.6 Å². The van der Waals surface area contributed by atoms with Gasteiger partial charge in [0.25, 0.3) is 0 Å². The van der Waals surface area contributed by atoms with Crippen LogP contribution in [-0.2, 0) is 9.84 Å². The molecule has 2 aromatic rings. The zero-order chi connectivity index (χ0) is 14.2. The second kappa shape index (κ2) is 4.59. The third kappa shape index (κ3) is 2.71. The van der Waals surface area contributed by atoms with Gasteiger partial charge in [-0.05, 0) is 6.07 Å². The van der Waals surface area contributed by atoms with E-state index >= 15 is 0 Å². The van der Waals surface area contributed by atoms with Crippen molar-refractivity contribution >= 4 is 27.3 Å². The lowest BCUT2D eigenvalue weighted by molar-refractivity contribution is -0.401. The Balaban J connectivity index is 2.54. The zero-order valence-corrected chi connectivity index (χ0v) is 11.0. The minimum absolute atomic E-state index is 0.0201. The molecule has 2 rings (SSSR count). The van der Waals surface area contributed by atoms with Crippen molar-refractivity contribution in [1.82, 2.24) is 9.97 Å². The number of hydrogen-bond acceptors (Lipinski definition) is 7. The lowest BCUT2D eigenvalue weighted by Gasteiger charge is -2.01. The van der Waals surface area contributed by atoms with Crippen molar-refractivity contribution in [2.45, 2.75) is 5.03 Å². The van der Waals surface area contributed by atoms with Crippen LogP contribution in [0.25, 0.3) is 11.6 Å². The number of hydrogen-bond donors (Lipinski definition) is 0. The Morgan fingerprint density at radius 2 is 2.11 bits per heavy atom. The van der Waals surface area contributed by atoms with Crippen molar-refractivity contribution in [2.24, 2.45) is 0 Å². The topological polar surface area (TPSA) is 116 Å². The highest BCUT2D eigenvalue weighted by molar-refractivity contribution is 7.90. The molecule has 0 fully saturated rings. The first-order valence-electron chi connectivity index (χ1n) is 4.76. The Morgan fingerprint density at radius 3 is 2.63 bits per heavy atom. The molecule has 2 aromatic heterocycles. The Kier molecular flexibility index (Phi) is 3.25. The fraction of sp³-hybridized carbons (Fsp3) is 0.111. The van der Waals surface area contributed by atoms with Gasteiger partial charge in [0, 0.05) is 6.26 Å². The summed E-state index contributed by atoms with van der Waals surface area (Å²) >= 11 is 5.68. The summed E-state index contributed by atoms with van der Waals surface area (Å²) in [5, 5.41) is 9.98. The molecule has 0 aliphatic rings. The maximum Gasteiger partial charge on any atom is 0.433 e. The van der Waals surface area contributed by atoms with E-state index < -0.39 is 20.6 Å². The van der Waals surface area contributed by atoms with Gasteiger partial charge >= 0.3 is 5.88 Å². The average Bonchev–Trinajstić information content (AvgIpc) is 2.77. The first-order chi connectivity index (χ1) is 8.79. The van der Waals surface area contributed by atoms with Crippen LogP contribution in [-0.4, -0.2) is 29.6 Å². The van der Waals surface area contributed by atoms with Gasteiger partial charge in [-0.2, -0.15) is 0 Å². The quantitative estimate of drug-likeness (QED) is 0.481. The van der Waals surface area contributed by atoms with Crippen molar-refractivity contribution in [2.75, 3.05) is 6.26 Å². The van der Waals surface area contributed by atoms with E-state index in [1.54, 1.807) is 0 Å². The largest absolute Gasteiger partial charge is 0.433 e. The molecular weight excluding hydrogens is 298 g/mol. The monoisotopic (exact) mass is 303 g/mol. The SMILES string of the molecule is CS(=O)(=O)c1nc(-c2ccc([N+](=O)[O-])o2)ncc1Cl.